The summed E-state index contributed by atoms with van der Waals surface area (Å²) >= 11 is 0. The van der Waals surface area contributed by atoms with Crippen LogP contribution in [-0.2, 0) is 9.59 Å². The first-order valence-electron chi connectivity index (χ1n) is 9.16. The van der Waals surface area contributed by atoms with Gasteiger partial charge in [-0.15, -0.1) is 0 Å². The summed E-state index contributed by atoms with van der Waals surface area (Å²) in [6.07, 6.45) is 0. The second kappa shape index (κ2) is 7.36. The van der Waals surface area contributed by atoms with E-state index < -0.39 is 23.5 Å². The summed E-state index contributed by atoms with van der Waals surface area (Å²) in [6, 6.07) is 20.5. The average molecular weight is 387 g/mol. The number of Topliss-reactive ketones (excluding diaryl/α,β-unsaturated/α-hetero) is 1. The first-order valence-corrected chi connectivity index (χ1v) is 9.16. The number of ketones is 1. The Balaban J connectivity index is 1.96. The van der Waals surface area contributed by atoms with Gasteiger partial charge < -0.3 is 5.11 Å². The van der Waals surface area contributed by atoms with Crippen molar-refractivity contribution in [2.45, 2.75) is 13.0 Å². The van der Waals surface area contributed by atoms with E-state index in [0.29, 0.717) is 16.8 Å². The van der Waals surface area contributed by atoms with Gasteiger partial charge >= 0.3 is 0 Å². The van der Waals surface area contributed by atoms with E-state index in [4.69, 9.17) is 0 Å². The summed E-state index contributed by atoms with van der Waals surface area (Å²) in [4.78, 5) is 27.3. The highest BCUT2D eigenvalue weighted by Gasteiger charge is 2.46. The van der Waals surface area contributed by atoms with E-state index in [0.717, 1.165) is 5.56 Å². The lowest BCUT2D eigenvalue weighted by atomic mass is 9.95. The van der Waals surface area contributed by atoms with Gasteiger partial charge in [0.1, 0.15) is 11.6 Å². The molecule has 5 heteroatoms. The Bertz CT molecular complexity index is 1120. The van der Waals surface area contributed by atoms with Crippen molar-refractivity contribution in [1.29, 1.82) is 0 Å². The fourth-order valence-corrected chi connectivity index (χ4v) is 3.59. The van der Waals surface area contributed by atoms with Gasteiger partial charge in [-0.2, -0.15) is 0 Å². The molecule has 4 rings (SSSR count). The number of hydrogen-bond donors (Lipinski definition) is 1. The van der Waals surface area contributed by atoms with Gasteiger partial charge in [-0.1, -0.05) is 54.6 Å². The number of halogens is 1. The molecular weight excluding hydrogens is 369 g/mol. The standard InChI is InChI=1S/C24H18FNO3/c1-15-6-5-9-19(14-15)26-21(16-10-12-18(25)13-11-16)20(23(28)24(26)29)22(27)17-7-3-2-4-8-17/h2-14,21,27H,1H3. The lowest BCUT2D eigenvalue weighted by Crippen LogP contribution is -2.29. The number of rotatable bonds is 3. The number of amides is 1. The number of nitrogens with zero attached hydrogens (tertiary/aromatic N) is 1. The zero-order chi connectivity index (χ0) is 20.5. The zero-order valence-electron chi connectivity index (χ0n) is 15.7. The van der Waals surface area contributed by atoms with Gasteiger partial charge in [0.2, 0.25) is 0 Å². The van der Waals surface area contributed by atoms with Crippen molar-refractivity contribution in [3.63, 3.8) is 0 Å². The number of carbonyl (C=O) groups excluding carboxylic acids is 2. The second-order valence-electron chi connectivity index (χ2n) is 6.93. The smallest absolute Gasteiger partial charge is 0.300 e. The molecule has 1 aliphatic heterocycles. The third kappa shape index (κ3) is 3.31. The predicted octanol–water partition coefficient (Wildman–Crippen LogP) is 4.76. The Morgan fingerprint density at radius 1 is 0.931 bits per heavy atom. The molecule has 1 atom stereocenters. The number of benzene rings is 3. The quantitative estimate of drug-likeness (QED) is 0.400. The van der Waals surface area contributed by atoms with Crippen LogP contribution in [0.1, 0.15) is 22.7 Å². The van der Waals surface area contributed by atoms with Crippen molar-refractivity contribution < 1.29 is 19.1 Å². The third-order valence-electron chi connectivity index (χ3n) is 4.96. The molecule has 0 aromatic heterocycles. The molecule has 1 N–H and O–H groups in total. The van der Waals surface area contributed by atoms with Gasteiger partial charge in [0.05, 0.1) is 11.6 Å². The van der Waals surface area contributed by atoms with Crippen LogP contribution >= 0.6 is 0 Å². The molecular formula is C24H18FNO3. The molecule has 29 heavy (non-hydrogen) atoms. The minimum Gasteiger partial charge on any atom is -0.507 e. The van der Waals surface area contributed by atoms with Crippen molar-refractivity contribution in [3.05, 3.63) is 107 Å². The lowest BCUT2D eigenvalue weighted by molar-refractivity contribution is -0.132. The van der Waals surface area contributed by atoms with Crippen molar-refractivity contribution >= 4 is 23.1 Å². The van der Waals surface area contributed by atoms with Crippen LogP contribution in [0.4, 0.5) is 10.1 Å². The van der Waals surface area contributed by atoms with Crippen molar-refractivity contribution in [2.24, 2.45) is 0 Å². The van der Waals surface area contributed by atoms with Gasteiger partial charge in [0, 0.05) is 11.3 Å². The fourth-order valence-electron chi connectivity index (χ4n) is 3.59. The Morgan fingerprint density at radius 3 is 2.28 bits per heavy atom. The SMILES string of the molecule is Cc1cccc(N2C(=O)C(=O)C(=C(O)c3ccccc3)C2c2ccc(F)cc2)c1. The topological polar surface area (TPSA) is 57.6 Å². The molecule has 144 valence electrons. The highest BCUT2D eigenvalue weighted by atomic mass is 19.1. The first kappa shape index (κ1) is 18.6. The van der Waals surface area contributed by atoms with Crippen LogP contribution in [0.5, 0.6) is 0 Å². The summed E-state index contributed by atoms with van der Waals surface area (Å²) in [5.41, 5.74) is 2.40. The van der Waals surface area contributed by atoms with Crippen LogP contribution in [-0.4, -0.2) is 16.8 Å². The molecule has 1 amide bonds. The van der Waals surface area contributed by atoms with Gasteiger partial charge in [-0.05, 0) is 42.3 Å². The number of aliphatic hydroxyl groups excluding tert-OH is 1. The Labute approximate surface area is 167 Å². The summed E-state index contributed by atoms with van der Waals surface area (Å²) < 4.78 is 13.5. The highest BCUT2D eigenvalue weighted by molar-refractivity contribution is 6.51. The number of aliphatic hydroxyl groups is 1. The van der Waals surface area contributed by atoms with Gasteiger partial charge in [-0.25, -0.2) is 4.39 Å². The molecule has 0 bridgehead atoms. The normalized spacial score (nSPS) is 18.3. The van der Waals surface area contributed by atoms with Gasteiger partial charge in [-0.3, -0.25) is 14.5 Å². The molecule has 0 radical (unpaired) electrons. The molecule has 0 aliphatic carbocycles. The van der Waals surface area contributed by atoms with E-state index >= 15 is 0 Å². The Morgan fingerprint density at radius 2 is 1.62 bits per heavy atom. The van der Waals surface area contributed by atoms with Crippen molar-refractivity contribution in [1.82, 2.24) is 0 Å². The van der Waals surface area contributed by atoms with Crippen LogP contribution in [0.2, 0.25) is 0 Å². The van der Waals surface area contributed by atoms with Crippen LogP contribution < -0.4 is 4.90 Å². The van der Waals surface area contributed by atoms with E-state index in [2.05, 4.69) is 0 Å². The molecule has 1 heterocycles. The first-order chi connectivity index (χ1) is 14.0. The number of anilines is 1. The van der Waals surface area contributed by atoms with Gasteiger partial charge in [0.15, 0.2) is 0 Å². The molecule has 1 unspecified atom stereocenters. The van der Waals surface area contributed by atoms with Crippen LogP contribution in [0.15, 0.2) is 84.4 Å². The minimum absolute atomic E-state index is 0.0192. The van der Waals surface area contributed by atoms with Crippen LogP contribution in [0.25, 0.3) is 5.76 Å². The average Bonchev–Trinajstić information content (AvgIpc) is 2.99. The van der Waals surface area contributed by atoms with Crippen LogP contribution in [0, 0.1) is 12.7 Å². The van der Waals surface area contributed by atoms with Crippen molar-refractivity contribution in [2.75, 3.05) is 4.90 Å². The lowest BCUT2D eigenvalue weighted by Gasteiger charge is -2.25. The van der Waals surface area contributed by atoms with E-state index in [1.165, 1.54) is 29.2 Å². The Hall–Kier alpha value is -3.73. The molecule has 1 aliphatic rings. The van der Waals surface area contributed by atoms with Gasteiger partial charge in [0.25, 0.3) is 11.7 Å². The number of aryl methyl sites for hydroxylation is 1. The maximum Gasteiger partial charge on any atom is 0.300 e. The molecule has 0 saturated carbocycles. The zero-order valence-corrected chi connectivity index (χ0v) is 15.7. The highest BCUT2D eigenvalue weighted by Crippen LogP contribution is 2.42. The maximum absolute atomic E-state index is 13.5. The molecule has 1 fully saturated rings. The molecule has 3 aromatic rings. The molecule has 4 nitrogen and oxygen atoms in total. The summed E-state index contributed by atoms with van der Waals surface area (Å²) in [5, 5.41) is 10.9. The third-order valence-corrected chi connectivity index (χ3v) is 4.96. The predicted molar refractivity (Wildman–Crippen MR) is 109 cm³/mol. The van der Waals surface area contributed by atoms with E-state index in [9.17, 15) is 19.1 Å². The summed E-state index contributed by atoms with van der Waals surface area (Å²) in [6.45, 7) is 1.89. The van der Waals surface area contributed by atoms with Crippen molar-refractivity contribution in [3.8, 4) is 0 Å². The van der Waals surface area contributed by atoms with E-state index in [1.54, 1.807) is 48.5 Å². The number of hydrogen-bond acceptors (Lipinski definition) is 3. The fraction of sp³-hybridized carbons (Fsp3) is 0.0833. The monoisotopic (exact) mass is 387 g/mol. The second-order valence-corrected chi connectivity index (χ2v) is 6.93. The number of carbonyl (C=O) groups is 2. The van der Waals surface area contributed by atoms with E-state index in [-0.39, 0.29) is 11.3 Å². The summed E-state index contributed by atoms with van der Waals surface area (Å²) in [7, 11) is 0. The molecule has 3 aromatic carbocycles. The van der Waals surface area contributed by atoms with E-state index in [1.807, 2.05) is 13.0 Å². The molecule has 0 spiro atoms. The minimum atomic E-state index is -0.863. The largest absolute Gasteiger partial charge is 0.507 e. The van der Waals surface area contributed by atoms with Crippen LogP contribution in [0.3, 0.4) is 0 Å². The Kier molecular flexibility index (Phi) is 4.72. The summed E-state index contributed by atoms with van der Waals surface area (Å²) in [5.74, 6) is -2.19. The molecule has 1 saturated heterocycles. The maximum atomic E-state index is 13.5.